The van der Waals surface area contributed by atoms with Gasteiger partial charge in [0, 0.05) is 31.4 Å². The van der Waals surface area contributed by atoms with Crippen LogP contribution in [0.15, 0.2) is 30.3 Å². The first-order chi connectivity index (χ1) is 10.1. The Labute approximate surface area is 124 Å². The number of imidazole rings is 1. The highest BCUT2D eigenvalue weighted by Crippen LogP contribution is 2.12. The van der Waals surface area contributed by atoms with Crippen LogP contribution in [0.4, 0.5) is 5.95 Å². The van der Waals surface area contributed by atoms with Gasteiger partial charge in [-0.05, 0) is 32.0 Å². The van der Waals surface area contributed by atoms with Gasteiger partial charge in [0.15, 0.2) is 0 Å². The zero-order chi connectivity index (χ0) is 14.8. The van der Waals surface area contributed by atoms with Gasteiger partial charge in [0.2, 0.25) is 5.95 Å². The molecule has 2 aromatic heterocycles. The number of nitrogens with one attached hydrogen (secondary N) is 1. The normalized spacial score (nSPS) is 11.0. The molecule has 5 heteroatoms. The molecule has 1 aromatic carbocycles. The van der Waals surface area contributed by atoms with Gasteiger partial charge >= 0.3 is 0 Å². The van der Waals surface area contributed by atoms with E-state index in [-0.39, 0.29) is 0 Å². The first-order valence-corrected chi connectivity index (χ1v) is 7.09. The van der Waals surface area contributed by atoms with Crippen LogP contribution in [0.25, 0.3) is 11.0 Å². The predicted molar refractivity (Wildman–Crippen MR) is 84.6 cm³/mol. The van der Waals surface area contributed by atoms with Gasteiger partial charge in [0.05, 0.1) is 11.0 Å². The van der Waals surface area contributed by atoms with Crippen molar-refractivity contribution < 1.29 is 0 Å². The molecule has 1 N–H and O–H groups in total. The van der Waals surface area contributed by atoms with Gasteiger partial charge in [-0.15, -0.1) is 0 Å². The third kappa shape index (κ3) is 3.02. The molecule has 0 saturated heterocycles. The highest BCUT2D eigenvalue weighted by atomic mass is 15.2. The summed E-state index contributed by atoms with van der Waals surface area (Å²) in [6, 6.07) is 10.1. The summed E-state index contributed by atoms with van der Waals surface area (Å²) in [6.07, 6.45) is 0.835. The molecule has 0 amide bonds. The average molecular weight is 281 g/mol. The number of nitrogens with zero attached hydrogens (tertiary/aromatic N) is 4. The van der Waals surface area contributed by atoms with Crippen LogP contribution in [0, 0.1) is 13.8 Å². The Morgan fingerprint density at radius 1 is 1.05 bits per heavy atom. The van der Waals surface area contributed by atoms with Gasteiger partial charge < -0.3 is 9.88 Å². The molecule has 108 valence electrons. The van der Waals surface area contributed by atoms with Crippen molar-refractivity contribution in [2.75, 3.05) is 18.5 Å². The SMILES string of the molecule is Cc1cc(C)nc(N(C)CCc2nc3ccccc3[nH]2)n1. The zero-order valence-electron chi connectivity index (χ0n) is 12.6. The van der Waals surface area contributed by atoms with E-state index in [4.69, 9.17) is 0 Å². The summed E-state index contributed by atoms with van der Waals surface area (Å²) in [5.74, 6) is 1.76. The Hall–Kier alpha value is -2.43. The molecule has 0 radical (unpaired) electrons. The number of hydrogen-bond donors (Lipinski definition) is 1. The minimum Gasteiger partial charge on any atom is -0.343 e. The van der Waals surface area contributed by atoms with Crippen molar-refractivity contribution in [2.24, 2.45) is 0 Å². The van der Waals surface area contributed by atoms with Crippen LogP contribution < -0.4 is 4.90 Å². The lowest BCUT2D eigenvalue weighted by Crippen LogP contribution is -2.23. The molecule has 21 heavy (non-hydrogen) atoms. The lowest BCUT2D eigenvalue weighted by atomic mass is 10.3. The number of likely N-dealkylation sites (N-methyl/N-ethyl adjacent to an activating group) is 1. The van der Waals surface area contributed by atoms with E-state index in [1.807, 2.05) is 51.2 Å². The molecular weight excluding hydrogens is 262 g/mol. The maximum absolute atomic E-state index is 4.59. The minimum atomic E-state index is 0.767. The topological polar surface area (TPSA) is 57.7 Å². The first-order valence-electron chi connectivity index (χ1n) is 7.09. The molecule has 0 aliphatic carbocycles. The van der Waals surface area contributed by atoms with Crippen molar-refractivity contribution in [2.45, 2.75) is 20.3 Å². The fraction of sp³-hybridized carbons (Fsp3) is 0.312. The van der Waals surface area contributed by atoms with Gasteiger partial charge in [-0.2, -0.15) is 0 Å². The number of aromatic amines is 1. The minimum absolute atomic E-state index is 0.767. The fourth-order valence-corrected chi connectivity index (χ4v) is 2.38. The third-order valence-corrected chi connectivity index (χ3v) is 3.43. The highest BCUT2D eigenvalue weighted by Gasteiger charge is 2.08. The van der Waals surface area contributed by atoms with Crippen LogP contribution in [-0.2, 0) is 6.42 Å². The molecule has 0 unspecified atom stereocenters. The van der Waals surface area contributed by atoms with Gasteiger partial charge in [0.25, 0.3) is 0 Å². The maximum atomic E-state index is 4.59. The molecule has 2 heterocycles. The highest BCUT2D eigenvalue weighted by molar-refractivity contribution is 5.74. The summed E-state index contributed by atoms with van der Waals surface area (Å²) in [4.78, 5) is 18.9. The second-order valence-electron chi connectivity index (χ2n) is 5.32. The number of fused-ring (bicyclic) bond motifs is 1. The van der Waals surface area contributed by atoms with Crippen molar-refractivity contribution in [1.82, 2.24) is 19.9 Å². The van der Waals surface area contributed by atoms with E-state index >= 15 is 0 Å². The third-order valence-electron chi connectivity index (χ3n) is 3.43. The van der Waals surface area contributed by atoms with Crippen molar-refractivity contribution in [3.63, 3.8) is 0 Å². The molecule has 0 aliphatic rings. The Morgan fingerprint density at radius 2 is 1.76 bits per heavy atom. The van der Waals surface area contributed by atoms with Gasteiger partial charge in [-0.3, -0.25) is 0 Å². The zero-order valence-corrected chi connectivity index (χ0v) is 12.6. The monoisotopic (exact) mass is 281 g/mol. The van der Waals surface area contributed by atoms with Gasteiger partial charge in [-0.25, -0.2) is 15.0 Å². The van der Waals surface area contributed by atoms with Gasteiger partial charge in [0.1, 0.15) is 5.82 Å². The fourth-order valence-electron chi connectivity index (χ4n) is 2.38. The molecule has 0 fully saturated rings. The Kier molecular flexibility index (Phi) is 3.56. The number of H-pyrrole nitrogens is 1. The van der Waals surface area contributed by atoms with Crippen molar-refractivity contribution in [1.29, 1.82) is 0 Å². The largest absolute Gasteiger partial charge is 0.343 e. The summed E-state index contributed by atoms with van der Waals surface area (Å²) in [5, 5.41) is 0. The summed E-state index contributed by atoms with van der Waals surface area (Å²) >= 11 is 0. The van der Waals surface area contributed by atoms with Crippen molar-refractivity contribution in [3.8, 4) is 0 Å². The molecule has 0 atom stereocenters. The van der Waals surface area contributed by atoms with Crippen LogP contribution in [0.5, 0.6) is 0 Å². The first kappa shape index (κ1) is 13.5. The predicted octanol–water partition coefficient (Wildman–Crippen LogP) is 2.65. The van der Waals surface area contributed by atoms with Crippen LogP contribution in [-0.4, -0.2) is 33.5 Å². The number of hydrogen-bond acceptors (Lipinski definition) is 4. The average Bonchev–Trinajstić information content (AvgIpc) is 2.86. The van der Waals surface area contributed by atoms with Crippen molar-refractivity contribution >= 4 is 17.0 Å². The molecule has 0 saturated carbocycles. The summed E-state index contributed by atoms with van der Waals surface area (Å²) in [7, 11) is 2.01. The Balaban J connectivity index is 1.71. The second kappa shape index (κ2) is 5.52. The standard InChI is InChI=1S/C16H19N5/c1-11-10-12(2)18-16(17-11)21(3)9-8-15-19-13-6-4-5-7-14(13)20-15/h4-7,10H,8-9H2,1-3H3,(H,19,20). The smallest absolute Gasteiger partial charge is 0.225 e. The number of benzene rings is 1. The van der Waals surface area contributed by atoms with Crippen LogP contribution in [0.1, 0.15) is 17.2 Å². The van der Waals surface area contributed by atoms with E-state index in [0.717, 1.165) is 47.2 Å². The lowest BCUT2D eigenvalue weighted by Gasteiger charge is -2.17. The number of aromatic nitrogens is 4. The van der Waals surface area contributed by atoms with E-state index < -0.39 is 0 Å². The number of rotatable bonds is 4. The quantitative estimate of drug-likeness (QED) is 0.798. The number of aryl methyl sites for hydroxylation is 2. The number of anilines is 1. The molecule has 0 spiro atoms. The van der Waals surface area contributed by atoms with Gasteiger partial charge in [-0.1, -0.05) is 12.1 Å². The molecule has 5 nitrogen and oxygen atoms in total. The van der Waals surface area contributed by atoms with E-state index in [2.05, 4.69) is 24.8 Å². The summed E-state index contributed by atoms with van der Waals surface area (Å²) < 4.78 is 0. The van der Waals surface area contributed by atoms with Crippen LogP contribution in [0.3, 0.4) is 0 Å². The van der Waals surface area contributed by atoms with E-state index in [9.17, 15) is 0 Å². The molecular formula is C16H19N5. The Bertz CT molecular complexity index is 709. The summed E-state index contributed by atoms with van der Waals surface area (Å²) in [5.41, 5.74) is 4.08. The number of para-hydroxylation sites is 2. The molecule has 3 aromatic rings. The van der Waals surface area contributed by atoms with Crippen LogP contribution in [0.2, 0.25) is 0 Å². The Morgan fingerprint density at radius 3 is 2.48 bits per heavy atom. The molecule has 0 aliphatic heterocycles. The lowest BCUT2D eigenvalue weighted by molar-refractivity contribution is 0.802. The van der Waals surface area contributed by atoms with Crippen LogP contribution >= 0.6 is 0 Å². The summed E-state index contributed by atoms with van der Waals surface area (Å²) in [6.45, 7) is 4.80. The van der Waals surface area contributed by atoms with E-state index in [1.165, 1.54) is 0 Å². The maximum Gasteiger partial charge on any atom is 0.225 e. The van der Waals surface area contributed by atoms with E-state index in [0.29, 0.717) is 0 Å². The van der Waals surface area contributed by atoms with Crippen molar-refractivity contribution in [3.05, 3.63) is 47.5 Å². The van der Waals surface area contributed by atoms with E-state index in [1.54, 1.807) is 0 Å². The molecule has 3 rings (SSSR count). The second-order valence-corrected chi connectivity index (χ2v) is 5.32. The molecule has 0 bridgehead atoms.